The minimum Gasteiger partial charge on any atom is -0.393 e. The third kappa shape index (κ3) is 2.88. The Kier molecular flexibility index (Phi) is 4.46. The zero-order valence-corrected chi connectivity index (χ0v) is 12.5. The molecule has 1 aromatic heterocycles. The molecule has 0 fully saturated rings. The van der Waals surface area contributed by atoms with Gasteiger partial charge in [-0.3, -0.25) is 5.10 Å². The molecule has 0 aliphatic carbocycles. The first-order valence-electron chi connectivity index (χ1n) is 5.45. The van der Waals surface area contributed by atoms with Gasteiger partial charge in [-0.15, -0.1) is 0 Å². The van der Waals surface area contributed by atoms with Crippen LogP contribution >= 0.6 is 12.2 Å². The van der Waals surface area contributed by atoms with Crippen LogP contribution in [0, 0.1) is 19.8 Å². The van der Waals surface area contributed by atoms with Gasteiger partial charge in [0.05, 0.1) is 16.4 Å². The van der Waals surface area contributed by atoms with Crippen molar-refractivity contribution in [1.82, 2.24) is 14.5 Å². The van der Waals surface area contributed by atoms with Crippen LogP contribution in [0.25, 0.3) is 0 Å². The summed E-state index contributed by atoms with van der Waals surface area (Å²) in [5, 5.41) is 6.57. The number of hydrogen-bond donors (Lipinski definition) is 2. The molecule has 1 atom stereocenters. The van der Waals surface area contributed by atoms with Gasteiger partial charge in [0.25, 0.3) is 0 Å². The second-order valence-electron chi connectivity index (χ2n) is 4.35. The van der Waals surface area contributed by atoms with E-state index in [1.54, 1.807) is 20.8 Å². The fourth-order valence-electron chi connectivity index (χ4n) is 1.65. The van der Waals surface area contributed by atoms with E-state index in [1.165, 1.54) is 11.4 Å². The lowest BCUT2D eigenvalue weighted by molar-refractivity contribution is 0.444. The maximum Gasteiger partial charge on any atom is 0.246 e. The number of thiocarbonyl (C=S) groups is 1. The molecule has 18 heavy (non-hydrogen) atoms. The largest absolute Gasteiger partial charge is 0.393 e. The highest BCUT2D eigenvalue weighted by Gasteiger charge is 2.28. The molecular weight excluding hydrogens is 272 g/mol. The highest BCUT2D eigenvalue weighted by Crippen LogP contribution is 2.21. The third-order valence-corrected chi connectivity index (χ3v) is 5.24. The molecular formula is C10H18N4O2S2. The van der Waals surface area contributed by atoms with Crippen molar-refractivity contribution in [3.63, 3.8) is 0 Å². The minimum atomic E-state index is -3.56. The summed E-state index contributed by atoms with van der Waals surface area (Å²) in [4.78, 5) is 0.526. The Hall–Kier alpha value is -0.990. The van der Waals surface area contributed by atoms with E-state index in [4.69, 9.17) is 18.0 Å². The molecule has 0 aliphatic rings. The van der Waals surface area contributed by atoms with E-state index in [2.05, 4.69) is 10.2 Å². The van der Waals surface area contributed by atoms with Gasteiger partial charge in [-0.05, 0) is 13.8 Å². The first-order chi connectivity index (χ1) is 8.17. The van der Waals surface area contributed by atoms with Gasteiger partial charge in [0.15, 0.2) is 0 Å². The fourth-order valence-corrected chi connectivity index (χ4v) is 3.31. The van der Waals surface area contributed by atoms with Gasteiger partial charge in [0.1, 0.15) is 4.90 Å². The second kappa shape index (κ2) is 5.33. The van der Waals surface area contributed by atoms with Gasteiger partial charge in [-0.1, -0.05) is 19.1 Å². The smallest absolute Gasteiger partial charge is 0.246 e. The average molecular weight is 290 g/mol. The number of hydrogen-bond acceptors (Lipinski definition) is 4. The maximum atomic E-state index is 12.4. The molecule has 0 saturated heterocycles. The summed E-state index contributed by atoms with van der Waals surface area (Å²) in [6.45, 7) is 5.38. The van der Waals surface area contributed by atoms with Gasteiger partial charge in [-0.25, -0.2) is 12.7 Å². The first-order valence-corrected chi connectivity index (χ1v) is 7.30. The fraction of sp³-hybridized carbons (Fsp3) is 0.600. The zero-order valence-electron chi connectivity index (χ0n) is 10.9. The molecule has 0 radical (unpaired) electrons. The molecule has 1 rings (SSSR count). The highest BCUT2D eigenvalue weighted by atomic mass is 32.2. The Morgan fingerprint density at radius 2 is 2.11 bits per heavy atom. The normalized spacial score (nSPS) is 13.8. The molecule has 0 amide bonds. The van der Waals surface area contributed by atoms with Gasteiger partial charge in [-0.2, -0.15) is 5.10 Å². The Bertz CT molecular complexity index is 531. The Balaban J connectivity index is 3.05. The Labute approximate surface area is 113 Å². The summed E-state index contributed by atoms with van der Waals surface area (Å²) in [5.41, 5.74) is 6.49. The summed E-state index contributed by atoms with van der Waals surface area (Å²) in [6, 6.07) is 0. The number of nitrogens with two attached hydrogens (primary N) is 1. The van der Waals surface area contributed by atoms with Crippen molar-refractivity contribution in [2.75, 3.05) is 13.6 Å². The number of H-pyrrole nitrogens is 1. The van der Waals surface area contributed by atoms with Crippen LogP contribution in [-0.4, -0.2) is 41.5 Å². The highest BCUT2D eigenvalue weighted by molar-refractivity contribution is 7.89. The van der Waals surface area contributed by atoms with Crippen LogP contribution in [-0.2, 0) is 10.0 Å². The van der Waals surface area contributed by atoms with Crippen molar-refractivity contribution in [2.24, 2.45) is 11.7 Å². The SMILES string of the molecule is Cc1n[nH]c(C)c1S(=O)(=O)N(C)CC(C)C(N)=S. The summed E-state index contributed by atoms with van der Waals surface area (Å²) in [7, 11) is -2.05. The molecule has 0 spiro atoms. The van der Waals surface area contributed by atoms with E-state index in [0.717, 1.165) is 0 Å². The molecule has 1 heterocycles. The number of aromatic amines is 1. The Morgan fingerprint density at radius 3 is 2.50 bits per heavy atom. The molecule has 3 N–H and O–H groups in total. The Morgan fingerprint density at radius 1 is 1.56 bits per heavy atom. The number of nitrogens with zero attached hydrogens (tertiary/aromatic N) is 2. The van der Waals surface area contributed by atoms with Crippen molar-refractivity contribution in [2.45, 2.75) is 25.7 Å². The number of aromatic nitrogens is 2. The standard InChI is InChI=1S/C10H18N4O2S2/c1-6(10(11)17)5-14(4)18(15,16)9-7(2)12-13-8(9)3/h6H,5H2,1-4H3,(H2,11,17)(H,12,13). The van der Waals surface area contributed by atoms with Gasteiger partial charge in [0.2, 0.25) is 10.0 Å². The summed E-state index contributed by atoms with van der Waals surface area (Å²) in [5.74, 6) is -0.174. The summed E-state index contributed by atoms with van der Waals surface area (Å²) < 4.78 is 26.0. The molecule has 1 aromatic rings. The van der Waals surface area contributed by atoms with Crippen LogP contribution in [0.3, 0.4) is 0 Å². The lowest BCUT2D eigenvalue weighted by Gasteiger charge is -2.20. The molecule has 1 unspecified atom stereocenters. The monoisotopic (exact) mass is 290 g/mol. The second-order valence-corrected chi connectivity index (χ2v) is 6.81. The quantitative estimate of drug-likeness (QED) is 0.773. The number of nitrogens with one attached hydrogen (secondary N) is 1. The first kappa shape index (κ1) is 15.1. The van der Waals surface area contributed by atoms with E-state index in [9.17, 15) is 8.42 Å². The molecule has 0 aliphatic heterocycles. The topological polar surface area (TPSA) is 92.1 Å². The van der Waals surface area contributed by atoms with Crippen LogP contribution < -0.4 is 5.73 Å². The number of rotatable bonds is 5. The molecule has 0 saturated carbocycles. The van der Waals surface area contributed by atoms with Crippen LogP contribution in [0.15, 0.2) is 4.90 Å². The van der Waals surface area contributed by atoms with Gasteiger partial charge < -0.3 is 5.73 Å². The van der Waals surface area contributed by atoms with E-state index < -0.39 is 10.0 Å². The van der Waals surface area contributed by atoms with Crippen LogP contribution in [0.2, 0.25) is 0 Å². The molecule has 0 bridgehead atoms. The number of sulfonamides is 1. The molecule has 102 valence electrons. The van der Waals surface area contributed by atoms with Gasteiger partial charge in [0, 0.05) is 19.5 Å². The maximum absolute atomic E-state index is 12.4. The van der Waals surface area contributed by atoms with Gasteiger partial charge >= 0.3 is 0 Å². The molecule has 6 nitrogen and oxygen atoms in total. The van der Waals surface area contributed by atoms with E-state index >= 15 is 0 Å². The van der Waals surface area contributed by atoms with Crippen molar-refractivity contribution in [3.8, 4) is 0 Å². The van der Waals surface area contributed by atoms with Crippen molar-refractivity contribution in [3.05, 3.63) is 11.4 Å². The predicted octanol–water partition coefficient (Wildman–Crippen LogP) is 0.569. The molecule has 0 aromatic carbocycles. The minimum absolute atomic E-state index is 0.174. The van der Waals surface area contributed by atoms with Crippen LogP contribution in [0.1, 0.15) is 18.3 Å². The van der Waals surface area contributed by atoms with Crippen LogP contribution in [0.4, 0.5) is 0 Å². The van der Waals surface area contributed by atoms with Crippen LogP contribution in [0.5, 0.6) is 0 Å². The van der Waals surface area contributed by atoms with Crippen molar-refractivity contribution < 1.29 is 8.42 Å². The lowest BCUT2D eigenvalue weighted by Crippen LogP contribution is -2.35. The van der Waals surface area contributed by atoms with Crippen molar-refractivity contribution in [1.29, 1.82) is 0 Å². The predicted molar refractivity (Wildman–Crippen MR) is 73.8 cm³/mol. The van der Waals surface area contributed by atoms with Crippen molar-refractivity contribution >= 4 is 27.2 Å². The van der Waals surface area contributed by atoms with E-state index in [1.807, 2.05) is 0 Å². The lowest BCUT2D eigenvalue weighted by atomic mass is 10.2. The summed E-state index contributed by atoms with van der Waals surface area (Å²) in [6.07, 6.45) is 0. The molecule has 8 heteroatoms. The average Bonchev–Trinajstić information content (AvgIpc) is 2.58. The zero-order chi connectivity index (χ0) is 14.1. The number of aryl methyl sites for hydroxylation is 2. The third-order valence-electron chi connectivity index (χ3n) is 2.75. The van der Waals surface area contributed by atoms with E-state index in [0.29, 0.717) is 16.4 Å². The van der Waals surface area contributed by atoms with E-state index in [-0.39, 0.29) is 17.4 Å². The summed E-state index contributed by atoms with van der Waals surface area (Å²) >= 11 is 4.85.